The summed E-state index contributed by atoms with van der Waals surface area (Å²) in [5.41, 5.74) is 6.86. The minimum Gasteiger partial charge on any atom is -0.494 e. The summed E-state index contributed by atoms with van der Waals surface area (Å²) in [5, 5.41) is 0. The van der Waals surface area contributed by atoms with Crippen molar-refractivity contribution in [2.75, 3.05) is 6.61 Å². The molecule has 1 aromatic heterocycles. The third kappa shape index (κ3) is 3.84. The zero-order chi connectivity index (χ0) is 19.3. The van der Waals surface area contributed by atoms with Gasteiger partial charge in [-0.15, -0.1) is 0 Å². The Bertz CT molecular complexity index is 1090. The number of fused-ring (bicyclic) bond motifs is 1. The first-order valence-electron chi connectivity index (χ1n) is 9.74. The molecule has 0 amide bonds. The van der Waals surface area contributed by atoms with Crippen LogP contribution in [0.1, 0.15) is 30.5 Å². The van der Waals surface area contributed by atoms with Crippen molar-refractivity contribution >= 4 is 23.2 Å². The molecule has 0 saturated carbocycles. The zero-order valence-electron chi connectivity index (χ0n) is 16.3. The Labute approximate surface area is 165 Å². The van der Waals surface area contributed by atoms with Crippen LogP contribution in [0.25, 0.3) is 28.9 Å². The van der Waals surface area contributed by atoms with Gasteiger partial charge in [0.05, 0.1) is 17.6 Å². The van der Waals surface area contributed by atoms with Gasteiger partial charge in [0.1, 0.15) is 12.1 Å². The lowest BCUT2D eigenvalue weighted by atomic mass is 10.1. The van der Waals surface area contributed by atoms with Crippen LogP contribution in [-0.2, 0) is 6.42 Å². The molecule has 140 valence electrons. The van der Waals surface area contributed by atoms with Gasteiger partial charge in [0.2, 0.25) is 0 Å². The van der Waals surface area contributed by atoms with Gasteiger partial charge in [-0.05, 0) is 66.4 Å². The highest BCUT2D eigenvalue weighted by Gasteiger charge is 2.05. The van der Waals surface area contributed by atoms with E-state index in [9.17, 15) is 0 Å². The number of nitrogens with zero attached hydrogens (tertiary/aromatic N) is 2. The smallest absolute Gasteiger partial charge is 0.119 e. The molecule has 0 aliphatic rings. The van der Waals surface area contributed by atoms with Gasteiger partial charge in [-0.2, -0.15) is 0 Å². The number of rotatable bonds is 6. The monoisotopic (exact) mass is 368 g/mol. The number of aromatic nitrogens is 2. The van der Waals surface area contributed by atoms with E-state index in [1.807, 2.05) is 25.4 Å². The summed E-state index contributed by atoms with van der Waals surface area (Å²) in [6, 6.07) is 23.2. The van der Waals surface area contributed by atoms with Crippen LogP contribution in [0.3, 0.4) is 0 Å². The van der Waals surface area contributed by atoms with E-state index in [0.717, 1.165) is 34.5 Å². The molecular formula is C25H24N2O. The third-order valence-electron chi connectivity index (χ3n) is 4.85. The largest absolute Gasteiger partial charge is 0.494 e. The molecule has 0 bridgehead atoms. The van der Waals surface area contributed by atoms with Gasteiger partial charge >= 0.3 is 0 Å². The van der Waals surface area contributed by atoms with E-state index in [0.29, 0.717) is 6.61 Å². The van der Waals surface area contributed by atoms with Crippen LogP contribution in [0.4, 0.5) is 0 Å². The number of imidazole rings is 1. The Kier molecular flexibility index (Phi) is 5.24. The molecule has 0 atom stereocenters. The van der Waals surface area contributed by atoms with Crippen molar-refractivity contribution in [2.24, 2.45) is 0 Å². The molecule has 1 heterocycles. The summed E-state index contributed by atoms with van der Waals surface area (Å²) in [4.78, 5) is 4.59. The van der Waals surface area contributed by atoms with Crippen LogP contribution in [0.2, 0.25) is 0 Å². The van der Waals surface area contributed by atoms with Gasteiger partial charge in [0, 0.05) is 5.69 Å². The normalized spacial score (nSPS) is 11.4. The van der Waals surface area contributed by atoms with Gasteiger partial charge in [0.15, 0.2) is 0 Å². The molecular weight excluding hydrogens is 344 g/mol. The maximum atomic E-state index is 5.53. The predicted molar refractivity (Wildman–Crippen MR) is 117 cm³/mol. The minimum absolute atomic E-state index is 0.673. The van der Waals surface area contributed by atoms with Crippen LogP contribution in [0.15, 0.2) is 73.1 Å². The fraction of sp³-hybridized carbons (Fsp3) is 0.160. The standard InChI is InChI=1S/C25H24N2O/c1-3-19-5-7-20(8-6-19)9-10-21-11-16-25-24(17-21)26-18-27(25)22-12-14-23(15-13-22)28-4-2/h5-18H,3-4H2,1-2H3/b10-9-. The summed E-state index contributed by atoms with van der Waals surface area (Å²) in [7, 11) is 0. The maximum absolute atomic E-state index is 5.53. The van der Waals surface area contributed by atoms with Crippen LogP contribution in [0, 0.1) is 0 Å². The molecule has 0 spiro atoms. The molecule has 28 heavy (non-hydrogen) atoms. The molecule has 0 saturated heterocycles. The molecule has 4 aromatic rings. The molecule has 3 nitrogen and oxygen atoms in total. The highest BCUT2D eigenvalue weighted by molar-refractivity contribution is 5.82. The highest BCUT2D eigenvalue weighted by atomic mass is 16.5. The second-order valence-corrected chi connectivity index (χ2v) is 6.72. The molecule has 0 radical (unpaired) electrons. The fourth-order valence-corrected chi connectivity index (χ4v) is 3.27. The van der Waals surface area contributed by atoms with E-state index in [2.05, 4.69) is 83.2 Å². The van der Waals surface area contributed by atoms with Crippen LogP contribution < -0.4 is 4.74 Å². The van der Waals surface area contributed by atoms with E-state index < -0.39 is 0 Å². The number of ether oxygens (including phenoxy) is 1. The van der Waals surface area contributed by atoms with Crippen molar-refractivity contribution in [1.82, 2.24) is 9.55 Å². The molecule has 0 aliphatic heterocycles. The maximum Gasteiger partial charge on any atom is 0.119 e. The lowest BCUT2D eigenvalue weighted by Gasteiger charge is -2.07. The van der Waals surface area contributed by atoms with Gasteiger partial charge in [-0.25, -0.2) is 4.98 Å². The van der Waals surface area contributed by atoms with Gasteiger partial charge in [-0.1, -0.05) is 49.4 Å². The Morgan fingerprint density at radius 1 is 0.857 bits per heavy atom. The fourth-order valence-electron chi connectivity index (χ4n) is 3.27. The van der Waals surface area contributed by atoms with Crippen LogP contribution in [0.5, 0.6) is 5.75 Å². The third-order valence-corrected chi connectivity index (χ3v) is 4.85. The molecule has 0 unspecified atom stereocenters. The van der Waals surface area contributed by atoms with Crippen molar-refractivity contribution in [3.05, 3.63) is 89.7 Å². The molecule has 0 N–H and O–H groups in total. The van der Waals surface area contributed by atoms with Crippen molar-refractivity contribution in [1.29, 1.82) is 0 Å². The van der Waals surface area contributed by atoms with E-state index in [-0.39, 0.29) is 0 Å². The lowest BCUT2D eigenvalue weighted by Crippen LogP contribution is -1.94. The SMILES string of the molecule is CCOc1ccc(-n2cnc3cc(/C=C\c4ccc(CC)cc4)ccc32)cc1. The first kappa shape index (κ1) is 18.1. The summed E-state index contributed by atoms with van der Waals surface area (Å²) in [6.07, 6.45) is 7.22. The van der Waals surface area contributed by atoms with E-state index in [1.54, 1.807) is 0 Å². The van der Waals surface area contributed by atoms with E-state index in [4.69, 9.17) is 4.74 Å². The van der Waals surface area contributed by atoms with Crippen molar-refractivity contribution in [2.45, 2.75) is 20.3 Å². The Morgan fingerprint density at radius 2 is 1.57 bits per heavy atom. The number of hydrogen-bond acceptors (Lipinski definition) is 2. The molecule has 3 aromatic carbocycles. The van der Waals surface area contributed by atoms with Crippen molar-refractivity contribution < 1.29 is 4.74 Å². The summed E-state index contributed by atoms with van der Waals surface area (Å²) in [5.74, 6) is 0.884. The first-order chi connectivity index (χ1) is 13.8. The molecule has 4 rings (SSSR count). The highest BCUT2D eigenvalue weighted by Crippen LogP contribution is 2.22. The summed E-state index contributed by atoms with van der Waals surface area (Å²) >= 11 is 0. The van der Waals surface area contributed by atoms with Crippen molar-refractivity contribution in [3.63, 3.8) is 0 Å². The number of aryl methyl sites for hydroxylation is 1. The Morgan fingerprint density at radius 3 is 2.29 bits per heavy atom. The van der Waals surface area contributed by atoms with Gasteiger partial charge < -0.3 is 4.74 Å². The zero-order valence-corrected chi connectivity index (χ0v) is 16.3. The van der Waals surface area contributed by atoms with E-state index in [1.165, 1.54) is 11.1 Å². The summed E-state index contributed by atoms with van der Waals surface area (Å²) in [6.45, 7) is 4.84. The molecule has 0 fully saturated rings. The van der Waals surface area contributed by atoms with Gasteiger partial charge in [0.25, 0.3) is 0 Å². The second kappa shape index (κ2) is 8.13. The molecule has 3 heteroatoms. The van der Waals surface area contributed by atoms with Crippen LogP contribution in [-0.4, -0.2) is 16.2 Å². The number of benzene rings is 3. The Balaban J connectivity index is 1.57. The summed E-state index contributed by atoms with van der Waals surface area (Å²) < 4.78 is 7.62. The van der Waals surface area contributed by atoms with Crippen LogP contribution >= 0.6 is 0 Å². The first-order valence-corrected chi connectivity index (χ1v) is 9.74. The average molecular weight is 368 g/mol. The average Bonchev–Trinajstić information content (AvgIpc) is 3.17. The van der Waals surface area contributed by atoms with Gasteiger partial charge in [-0.3, -0.25) is 4.57 Å². The van der Waals surface area contributed by atoms with Crippen molar-refractivity contribution in [3.8, 4) is 11.4 Å². The second-order valence-electron chi connectivity index (χ2n) is 6.72. The Hall–Kier alpha value is -3.33. The number of hydrogen-bond donors (Lipinski definition) is 0. The minimum atomic E-state index is 0.673. The lowest BCUT2D eigenvalue weighted by molar-refractivity contribution is 0.340. The predicted octanol–water partition coefficient (Wildman–Crippen LogP) is 6.16. The molecule has 0 aliphatic carbocycles. The quantitative estimate of drug-likeness (QED) is 0.381. The topological polar surface area (TPSA) is 27.1 Å². The van der Waals surface area contributed by atoms with E-state index >= 15 is 0 Å².